The number of Topliss-reactive ketones (excluding diaryl/α,β-unsaturated/α-hetero) is 1. The molecule has 0 radical (unpaired) electrons. The summed E-state index contributed by atoms with van der Waals surface area (Å²) in [4.78, 5) is 11.9. The Labute approximate surface area is 161 Å². The highest BCUT2D eigenvalue weighted by Gasteiger charge is 2.18. The number of likely N-dealkylation sites (N-methyl/N-ethyl adjacent to an activating group) is 1. The van der Waals surface area contributed by atoms with E-state index in [9.17, 15) is 4.79 Å². The third-order valence-corrected chi connectivity index (χ3v) is 3.99. The number of rotatable bonds is 14. The first-order valence-corrected chi connectivity index (χ1v) is 10.9. The summed E-state index contributed by atoms with van der Waals surface area (Å²) in [6.07, 6.45) is 13.8. The molecule has 0 bridgehead atoms. The van der Waals surface area contributed by atoms with Gasteiger partial charge in [-0.05, 0) is 12.8 Å². The predicted octanol–water partition coefficient (Wildman–Crippen LogP) is 4.13. The fourth-order valence-electron chi connectivity index (χ4n) is 2.87. The fourth-order valence-corrected chi connectivity index (χ4v) is 2.87. The van der Waals surface area contributed by atoms with Gasteiger partial charge in [-0.1, -0.05) is 65.2 Å². The van der Waals surface area contributed by atoms with Crippen molar-refractivity contribution in [1.82, 2.24) is 6.15 Å². The smallest absolute Gasteiger partial charge is 0.215 e. The number of quaternary nitrogens is 1. The summed E-state index contributed by atoms with van der Waals surface area (Å²) in [5, 5.41) is 0. The Balaban J connectivity index is -0.000000772. The van der Waals surface area contributed by atoms with E-state index in [1.807, 2.05) is 0 Å². The number of hydrogen-bond acceptors (Lipinski definition) is 5. The maximum absolute atomic E-state index is 11.9. The zero-order chi connectivity index (χ0) is 19.8. The molecule has 0 heterocycles. The highest BCUT2D eigenvalue weighted by molar-refractivity contribution is 7.79. The summed E-state index contributed by atoms with van der Waals surface area (Å²) in [5.74, 6) is 0.450. The average molecular weight is 399 g/mol. The minimum absolute atomic E-state index is 0. The Morgan fingerprint density at radius 3 is 1.65 bits per heavy atom. The highest BCUT2D eigenvalue weighted by atomic mass is 32.3. The second-order valence-electron chi connectivity index (χ2n) is 7.36. The molecule has 0 aromatic rings. The molecule has 0 aliphatic heterocycles. The molecule has 0 aliphatic rings. The fraction of sp³-hybridized carbons (Fsp3) is 0.944. The van der Waals surface area contributed by atoms with E-state index in [-0.39, 0.29) is 6.15 Å². The lowest BCUT2D eigenvalue weighted by atomic mass is 10.1. The van der Waals surface area contributed by atoms with Crippen molar-refractivity contribution >= 4 is 16.2 Å². The van der Waals surface area contributed by atoms with Gasteiger partial charge in [-0.25, -0.2) is 8.42 Å². The van der Waals surface area contributed by atoms with Crippen LogP contribution in [0.4, 0.5) is 0 Å². The van der Waals surface area contributed by atoms with Gasteiger partial charge in [0, 0.05) is 6.42 Å². The maximum atomic E-state index is 11.9. The summed E-state index contributed by atoms with van der Waals surface area (Å²) in [6, 6.07) is 0. The third-order valence-electron chi connectivity index (χ3n) is 3.99. The number of ketones is 1. The van der Waals surface area contributed by atoms with Gasteiger partial charge in [-0.15, -0.1) is 0 Å². The summed E-state index contributed by atoms with van der Waals surface area (Å²) in [7, 11) is -0.588. The Hall–Kier alpha value is -0.540. The molecule has 0 aliphatic carbocycles. The van der Waals surface area contributed by atoms with Crippen LogP contribution in [0.25, 0.3) is 0 Å². The van der Waals surface area contributed by atoms with Crippen molar-refractivity contribution in [3.8, 4) is 0 Å². The second kappa shape index (κ2) is 17.9. The molecule has 0 amide bonds. The Morgan fingerprint density at radius 1 is 0.885 bits per heavy atom. The molecule has 7 nitrogen and oxygen atoms in total. The Kier molecular flexibility index (Phi) is 20.7. The first kappa shape index (κ1) is 30.2. The van der Waals surface area contributed by atoms with Crippen molar-refractivity contribution < 1.29 is 26.8 Å². The van der Waals surface area contributed by atoms with Crippen LogP contribution in [-0.2, 0) is 15.2 Å². The standard InChI is InChI=1S/C18H38NO.H3N.H2O4S/c1-5-7-8-9-10-11-12-13-14-15-18(20)17-19(3,4)16-6-2;;1-5(2,3)4/h5-17H2,1-4H3;1H3;(H2,1,2,3,4)/q+1;;/p-1. The van der Waals surface area contributed by atoms with Crippen LogP contribution in [0.15, 0.2) is 0 Å². The zero-order valence-electron chi connectivity index (χ0n) is 17.3. The number of hydrogen-bond donors (Lipinski definition) is 2. The van der Waals surface area contributed by atoms with E-state index in [0.29, 0.717) is 12.3 Å². The van der Waals surface area contributed by atoms with Crippen LogP contribution in [0.1, 0.15) is 84.5 Å². The topological polar surface area (TPSA) is 130 Å². The van der Waals surface area contributed by atoms with Crippen LogP contribution >= 0.6 is 0 Å². The van der Waals surface area contributed by atoms with Crippen LogP contribution in [0, 0.1) is 0 Å². The summed E-state index contributed by atoms with van der Waals surface area (Å²) < 4.78 is 33.7. The van der Waals surface area contributed by atoms with Crippen molar-refractivity contribution in [2.75, 3.05) is 27.2 Å². The van der Waals surface area contributed by atoms with Crippen LogP contribution in [0.3, 0.4) is 0 Å². The lowest BCUT2D eigenvalue weighted by Gasteiger charge is -2.28. The van der Waals surface area contributed by atoms with Crippen LogP contribution < -0.4 is 6.15 Å². The number of carbonyl (C=O) groups is 1. The molecular formula is C18H42N2O5S. The van der Waals surface area contributed by atoms with E-state index in [1.54, 1.807) is 0 Å². The van der Waals surface area contributed by atoms with Gasteiger partial charge in [0.05, 0.1) is 20.6 Å². The first-order valence-electron chi connectivity index (χ1n) is 9.53. The lowest BCUT2D eigenvalue weighted by Crippen LogP contribution is -2.44. The van der Waals surface area contributed by atoms with Crippen molar-refractivity contribution in [2.24, 2.45) is 0 Å². The van der Waals surface area contributed by atoms with Gasteiger partial charge >= 0.3 is 0 Å². The monoisotopic (exact) mass is 398 g/mol. The van der Waals surface area contributed by atoms with Crippen molar-refractivity contribution in [2.45, 2.75) is 84.5 Å². The van der Waals surface area contributed by atoms with E-state index in [1.165, 1.54) is 51.4 Å². The largest absolute Gasteiger partial charge is 0.726 e. The highest BCUT2D eigenvalue weighted by Crippen LogP contribution is 2.11. The molecular weight excluding hydrogens is 356 g/mol. The molecule has 0 saturated carbocycles. The van der Waals surface area contributed by atoms with Crippen LogP contribution in [-0.4, -0.2) is 55.0 Å². The van der Waals surface area contributed by atoms with E-state index in [0.717, 1.165) is 30.3 Å². The lowest BCUT2D eigenvalue weighted by molar-refractivity contribution is -0.882. The van der Waals surface area contributed by atoms with Gasteiger partial charge in [0.15, 0.2) is 5.78 Å². The van der Waals surface area contributed by atoms with Gasteiger partial charge in [0.1, 0.15) is 6.54 Å². The van der Waals surface area contributed by atoms with Gasteiger partial charge in [-0.3, -0.25) is 9.35 Å². The van der Waals surface area contributed by atoms with Gasteiger partial charge in [0.25, 0.3) is 0 Å². The minimum atomic E-state index is -4.92. The van der Waals surface area contributed by atoms with Crippen molar-refractivity contribution in [3.05, 3.63) is 0 Å². The molecule has 0 spiro atoms. The van der Waals surface area contributed by atoms with E-state index in [2.05, 4.69) is 27.9 Å². The molecule has 0 unspecified atom stereocenters. The number of carbonyl (C=O) groups excluding carboxylic acids is 1. The molecule has 0 aromatic carbocycles. The van der Waals surface area contributed by atoms with Crippen molar-refractivity contribution in [3.63, 3.8) is 0 Å². The van der Waals surface area contributed by atoms with E-state index < -0.39 is 10.4 Å². The van der Waals surface area contributed by atoms with Crippen LogP contribution in [0.5, 0.6) is 0 Å². The molecule has 160 valence electrons. The van der Waals surface area contributed by atoms with E-state index >= 15 is 0 Å². The molecule has 8 heteroatoms. The normalized spacial score (nSPS) is 11.3. The van der Waals surface area contributed by atoms with E-state index in [4.69, 9.17) is 17.5 Å². The Morgan fingerprint density at radius 2 is 1.27 bits per heavy atom. The van der Waals surface area contributed by atoms with Gasteiger partial charge < -0.3 is 15.2 Å². The Bertz CT molecular complexity index is 417. The minimum Gasteiger partial charge on any atom is -0.726 e. The molecule has 4 N–H and O–H groups in total. The summed E-state index contributed by atoms with van der Waals surface area (Å²) in [5.41, 5.74) is 0. The second-order valence-corrected chi connectivity index (χ2v) is 8.22. The first-order chi connectivity index (χ1) is 11.5. The van der Waals surface area contributed by atoms with Gasteiger partial charge in [0.2, 0.25) is 10.4 Å². The number of nitrogens with zero attached hydrogens (tertiary/aromatic N) is 1. The van der Waals surface area contributed by atoms with Crippen molar-refractivity contribution in [1.29, 1.82) is 0 Å². The molecule has 0 aromatic heterocycles. The molecule has 0 fully saturated rings. The predicted molar refractivity (Wildman–Crippen MR) is 106 cm³/mol. The molecule has 26 heavy (non-hydrogen) atoms. The summed E-state index contributed by atoms with van der Waals surface area (Å²) >= 11 is 0. The molecule has 0 saturated heterocycles. The molecule has 0 atom stereocenters. The third kappa shape index (κ3) is 31.3. The average Bonchev–Trinajstić information content (AvgIpc) is 2.43. The molecule has 0 rings (SSSR count). The van der Waals surface area contributed by atoms with Crippen LogP contribution in [0.2, 0.25) is 0 Å². The van der Waals surface area contributed by atoms with Gasteiger partial charge in [-0.2, -0.15) is 0 Å². The quantitative estimate of drug-likeness (QED) is 0.196. The SMILES string of the molecule is CCCCCCCCCCCC(=O)C[N+](C)(C)CCC.N.O=S(=O)([O-])O. The zero-order valence-corrected chi connectivity index (χ0v) is 18.2. The maximum Gasteiger partial charge on any atom is 0.215 e. The number of unbranched alkanes of at least 4 members (excludes halogenated alkanes) is 8. The summed E-state index contributed by atoms with van der Waals surface area (Å²) in [6.45, 7) is 6.26.